The molecular weight excluding hydrogens is 299 g/mol. The second kappa shape index (κ2) is 18.6. The minimum Gasteiger partial charge on any atom is -1.00 e. The van der Waals surface area contributed by atoms with E-state index in [9.17, 15) is 18.0 Å². The van der Waals surface area contributed by atoms with Gasteiger partial charge in [0.2, 0.25) is 11.8 Å². The SMILES string of the molecule is C=CC(N)=O.CCOCC.NC(=O)CCS(=O)(=O)O.[H-].[Na+]. The van der Waals surface area contributed by atoms with E-state index < -0.39 is 27.7 Å². The molecule has 0 aliphatic rings. The van der Waals surface area contributed by atoms with Crippen molar-refractivity contribution in [2.75, 3.05) is 19.0 Å². The fourth-order valence-electron chi connectivity index (χ4n) is 0.434. The first-order chi connectivity index (χ1) is 8.60. The number of ether oxygens (including phenoxy) is 1. The van der Waals surface area contributed by atoms with Gasteiger partial charge in [-0.3, -0.25) is 14.1 Å². The smallest absolute Gasteiger partial charge is 1.00 e. The molecular formula is C10H23N2NaO6S. The molecule has 0 atom stereocenters. The van der Waals surface area contributed by atoms with E-state index in [1.54, 1.807) is 0 Å². The zero-order chi connectivity index (χ0) is 15.9. The van der Waals surface area contributed by atoms with Crippen LogP contribution in [0.5, 0.6) is 0 Å². The molecule has 20 heavy (non-hydrogen) atoms. The fourth-order valence-corrected chi connectivity index (χ4v) is 0.893. The third kappa shape index (κ3) is 52.7. The minimum absolute atomic E-state index is 0. The summed E-state index contributed by atoms with van der Waals surface area (Å²) in [5.41, 5.74) is 9.12. The number of carbonyl (C=O) groups excluding carboxylic acids is 2. The molecule has 0 aromatic heterocycles. The van der Waals surface area contributed by atoms with Gasteiger partial charge >= 0.3 is 29.6 Å². The maximum Gasteiger partial charge on any atom is 1.00 e. The van der Waals surface area contributed by atoms with Gasteiger partial charge in [-0.2, -0.15) is 8.42 Å². The number of hydrogen-bond acceptors (Lipinski definition) is 5. The maximum absolute atomic E-state index is 9.89. The van der Waals surface area contributed by atoms with E-state index in [0.29, 0.717) is 0 Å². The van der Waals surface area contributed by atoms with Crippen LogP contribution in [-0.4, -0.2) is 43.8 Å². The molecule has 5 N–H and O–H groups in total. The Morgan fingerprint density at radius 1 is 1.30 bits per heavy atom. The van der Waals surface area contributed by atoms with Gasteiger partial charge in [-0.1, -0.05) is 6.58 Å². The van der Waals surface area contributed by atoms with E-state index >= 15 is 0 Å². The molecule has 0 heterocycles. The van der Waals surface area contributed by atoms with Crippen LogP contribution < -0.4 is 41.0 Å². The molecule has 0 aliphatic carbocycles. The largest absolute Gasteiger partial charge is 1.00 e. The summed E-state index contributed by atoms with van der Waals surface area (Å²) in [7, 11) is -4.02. The molecule has 0 unspecified atom stereocenters. The summed E-state index contributed by atoms with van der Waals surface area (Å²) >= 11 is 0. The van der Waals surface area contributed by atoms with E-state index in [1.165, 1.54) is 0 Å². The minimum atomic E-state index is -4.02. The van der Waals surface area contributed by atoms with Crippen molar-refractivity contribution in [3.63, 3.8) is 0 Å². The summed E-state index contributed by atoms with van der Waals surface area (Å²) in [6.07, 6.45) is 0.721. The number of rotatable bonds is 6. The molecule has 0 spiro atoms. The van der Waals surface area contributed by atoms with E-state index in [0.717, 1.165) is 19.3 Å². The van der Waals surface area contributed by atoms with E-state index in [4.69, 9.17) is 9.29 Å². The molecule has 0 bridgehead atoms. The van der Waals surface area contributed by atoms with Crippen molar-refractivity contribution in [2.24, 2.45) is 11.5 Å². The fraction of sp³-hybridized carbons (Fsp3) is 0.600. The number of hydrogen-bond donors (Lipinski definition) is 3. The maximum atomic E-state index is 9.89. The Kier molecular flexibility index (Phi) is 25.8. The molecule has 8 nitrogen and oxygen atoms in total. The summed E-state index contributed by atoms with van der Waals surface area (Å²) in [5, 5.41) is 0. The average molecular weight is 322 g/mol. The Bertz CT molecular complexity index is 363. The molecule has 2 amide bonds. The van der Waals surface area contributed by atoms with Crippen molar-refractivity contribution in [2.45, 2.75) is 20.3 Å². The van der Waals surface area contributed by atoms with Crippen molar-refractivity contribution < 1.29 is 58.3 Å². The molecule has 0 aromatic carbocycles. The predicted molar refractivity (Wildman–Crippen MR) is 72.9 cm³/mol. The molecule has 116 valence electrons. The number of primary amides is 2. The van der Waals surface area contributed by atoms with Crippen molar-refractivity contribution in [3.05, 3.63) is 12.7 Å². The van der Waals surface area contributed by atoms with E-state index in [1.807, 2.05) is 13.8 Å². The van der Waals surface area contributed by atoms with Gasteiger partial charge in [-0.15, -0.1) is 0 Å². The number of amides is 2. The average Bonchev–Trinajstić information content (AvgIpc) is 2.28. The van der Waals surface area contributed by atoms with Crippen LogP contribution in [0, 0.1) is 0 Å². The van der Waals surface area contributed by atoms with Crippen LogP contribution in [0.4, 0.5) is 0 Å². The standard InChI is InChI=1S/C4H10O.C3H7NO4S.C3H5NO.Na.H/c1-3-5-4-2;4-3(5)1-2-9(6,7)8;1-2-3(4)5;;/h3-4H2,1-2H3;1-2H2,(H2,4,5)(H,6,7,8);2H,1H2,(H2,4,5);;/q;;;+1;-1. The zero-order valence-electron chi connectivity index (χ0n) is 13.2. The van der Waals surface area contributed by atoms with Crippen molar-refractivity contribution in [1.29, 1.82) is 0 Å². The molecule has 0 rings (SSSR count). The van der Waals surface area contributed by atoms with E-state index in [-0.39, 0.29) is 37.4 Å². The second-order valence-electron chi connectivity index (χ2n) is 2.89. The summed E-state index contributed by atoms with van der Waals surface area (Å²) in [6.45, 7) is 8.75. The van der Waals surface area contributed by atoms with Crippen LogP contribution in [0.25, 0.3) is 0 Å². The molecule has 0 saturated carbocycles. The van der Waals surface area contributed by atoms with Gasteiger partial charge < -0.3 is 17.6 Å². The van der Waals surface area contributed by atoms with Crippen molar-refractivity contribution >= 4 is 21.9 Å². The van der Waals surface area contributed by atoms with Crippen LogP contribution in [0.2, 0.25) is 0 Å². The monoisotopic (exact) mass is 322 g/mol. The zero-order valence-corrected chi connectivity index (χ0v) is 15.0. The first-order valence-corrected chi connectivity index (χ1v) is 6.94. The Labute approximate surface area is 143 Å². The van der Waals surface area contributed by atoms with Crippen LogP contribution in [0.15, 0.2) is 12.7 Å². The Morgan fingerprint density at radius 2 is 1.65 bits per heavy atom. The third-order valence-electron chi connectivity index (χ3n) is 1.22. The van der Waals surface area contributed by atoms with Gasteiger partial charge in [0.1, 0.15) is 0 Å². The van der Waals surface area contributed by atoms with Crippen LogP contribution in [0.1, 0.15) is 21.7 Å². The van der Waals surface area contributed by atoms with Crippen LogP contribution >= 0.6 is 0 Å². The summed E-state index contributed by atoms with van der Waals surface area (Å²) in [6, 6.07) is 0. The first kappa shape index (κ1) is 27.8. The van der Waals surface area contributed by atoms with Gasteiger partial charge in [-0.05, 0) is 19.9 Å². The third-order valence-corrected chi connectivity index (χ3v) is 1.94. The van der Waals surface area contributed by atoms with Gasteiger partial charge in [0.15, 0.2) is 0 Å². The Balaban J connectivity index is -0.0000000622. The van der Waals surface area contributed by atoms with Crippen molar-refractivity contribution in [3.8, 4) is 0 Å². The molecule has 0 radical (unpaired) electrons. The molecule has 0 aliphatic heterocycles. The molecule has 0 saturated heterocycles. The predicted octanol–water partition coefficient (Wildman–Crippen LogP) is -3.43. The second-order valence-corrected chi connectivity index (χ2v) is 4.46. The van der Waals surface area contributed by atoms with Crippen molar-refractivity contribution in [1.82, 2.24) is 0 Å². The summed E-state index contributed by atoms with van der Waals surface area (Å²) < 4.78 is 32.6. The Hall–Kier alpha value is -0.450. The van der Waals surface area contributed by atoms with Gasteiger partial charge in [0.25, 0.3) is 10.1 Å². The van der Waals surface area contributed by atoms with Gasteiger partial charge in [-0.25, -0.2) is 0 Å². The van der Waals surface area contributed by atoms with Gasteiger partial charge in [0.05, 0.1) is 5.75 Å². The molecule has 10 heteroatoms. The Morgan fingerprint density at radius 3 is 1.70 bits per heavy atom. The summed E-state index contributed by atoms with van der Waals surface area (Å²) in [4.78, 5) is 19.4. The van der Waals surface area contributed by atoms with Gasteiger partial charge in [0, 0.05) is 19.6 Å². The van der Waals surface area contributed by atoms with E-state index in [2.05, 4.69) is 18.0 Å². The van der Waals surface area contributed by atoms with Crippen LogP contribution in [-0.2, 0) is 24.4 Å². The molecule has 0 fully saturated rings. The normalized spacial score (nSPS) is 8.75. The molecule has 0 aromatic rings. The first-order valence-electron chi connectivity index (χ1n) is 5.33. The number of carbonyl (C=O) groups is 2. The summed E-state index contributed by atoms with van der Waals surface area (Å²) in [5.74, 6) is -1.82. The topological polar surface area (TPSA) is 150 Å². The van der Waals surface area contributed by atoms with Crippen LogP contribution in [0.3, 0.4) is 0 Å². The quantitative estimate of drug-likeness (QED) is 0.263. The number of nitrogens with two attached hydrogens (primary N) is 2.